The monoisotopic (exact) mass is 444 g/mol. The first-order valence-electron chi connectivity index (χ1n) is 8.22. The van der Waals surface area contributed by atoms with E-state index in [9.17, 15) is 4.79 Å². The molecule has 5 aromatic rings. The minimum Gasteiger partial charge on any atom is -0.279 e. The maximum atomic E-state index is 12.4. The maximum absolute atomic E-state index is 12.4. The quantitative estimate of drug-likeness (QED) is 0.309. The number of aryl methyl sites for hydroxylation is 1. The van der Waals surface area contributed by atoms with Crippen LogP contribution < -0.4 is 5.56 Å². The van der Waals surface area contributed by atoms with Crippen LogP contribution in [0.3, 0.4) is 0 Å². The van der Waals surface area contributed by atoms with Gasteiger partial charge in [-0.2, -0.15) is 0 Å². The molecule has 0 fully saturated rings. The summed E-state index contributed by atoms with van der Waals surface area (Å²) >= 11 is 9.92. The molecular formula is C17H12N6OS4. The van der Waals surface area contributed by atoms with Crippen molar-refractivity contribution in [3.8, 4) is 5.69 Å². The van der Waals surface area contributed by atoms with Crippen molar-refractivity contribution < 1.29 is 0 Å². The van der Waals surface area contributed by atoms with Gasteiger partial charge in [-0.1, -0.05) is 41.3 Å². The zero-order valence-corrected chi connectivity index (χ0v) is 17.7. The van der Waals surface area contributed by atoms with Gasteiger partial charge in [0.2, 0.25) is 5.78 Å². The molecule has 4 heterocycles. The van der Waals surface area contributed by atoms with E-state index in [0.717, 1.165) is 21.4 Å². The Bertz CT molecular complexity index is 1430. The molecule has 0 aliphatic heterocycles. The highest BCUT2D eigenvalue weighted by molar-refractivity contribution is 8.00. The van der Waals surface area contributed by atoms with Crippen LogP contribution in [0.1, 0.15) is 5.82 Å². The van der Waals surface area contributed by atoms with Crippen LogP contribution in [0, 0.1) is 3.95 Å². The number of hydrogen-bond acceptors (Lipinski definition) is 8. The van der Waals surface area contributed by atoms with E-state index in [1.807, 2.05) is 46.2 Å². The Morgan fingerprint density at radius 3 is 2.82 bits per heavy atom. The van der Waals surface area contributed by atoms with Crippen LogP contribution in [-0.4, -0.2) is 28.9 Å². The van der Waals surface area contributed by atoms with Crippen LogP contribution >= 0.6 is 46.7 Å². The van der Waals surface area contributed by atoms with Crippen LogP contribution in [0.5, 0.6) is 0 Å². The van der Waals surface area contributed by atoms with Crippen molar-refractivity contribution in [3.63, 3.8) is 0 Å². The van der Waals surface area contributed by atoms with Crippen LogP contribution in [-0.2, 0) is 12.8 Å². The van der Waals surface area contributed by atoms with Crippen LogP contribution in [0.15, 0.2) is 50.9 Å². The van der Waals surface area contributed by atoms with Gasteiger partial charge in [0.15, 0.2) is 8.29 Å². The Kier molecular flexibility index (Phi) is 4.38. The number of nitrogens with zero attached hydrogens (tertiary/aromatic N) is 6. The third kappa shape index (κ3) is 2.82. The molecule has 0 bridgehead atoms. The first-order chi connectivity index (χ1) is 13.6. The maximum Gasteiger partial charge on any atom is 0.272 e. The van der Waals surface area contributed by atoms with Crippen LogP contribution in [0.2, 0.25) is 0 Å². The number of thiophene rings is 1. The molecule has 0 aliphatic carbocycles. The van der Waals surface area contributed by atoms with Gasteiger partial charge in [0.25, 0.3) is 5.56 Å². The summed E-state index contributed by atoms with van der Waals surface area (Å²) in [4.78, 5) is 12.4. The van der Waals surface area contributed by atoms with E-state index in [1.54, 1.807) is 23.5 Å². The lowest BCUT2D eigenvalue weighted by Crippen LogP contribution is -2.19. The van der Waals surface area contributed by atoms with E-state index < -0.39 is 0 Å². The van der Waals surface area contributed by atoms with Crippen molar-refractivity contribution in [2.24, 2.45) is 7.05 Å². The highest BCUT2D eigenvalue weighted by atomic mass is 32.2. The van der Waals surface area contributed by atoms with Crippen molar-refractivity contribution in [2.45, 2.75) is 10.1 Å². The molecular weight excluding hydrogens is 432 g/mol. The summed E-state index contributed by atoms with van der Waals surface area (Å²) < 4.78 is 7.50. The van der Waals surface area contributed by atoms with Gasteiger partial charge in [-0.25, -0.2) is 4.68 Å². The van der Waals surface area contributed by atoms with Crippen molar-refractivity contribution in [1.82, 2.24) is 28.9 Å². The zero-order chi connectivity index (χ0) is 19.3. The average molecular weight is 445 g/mol. The summed E-state index contributed by atoms with van der Waals surface area (Å²) in [5, 5.41) is 15.1. The number of thioether (sulfide) groups is 1. The number of rotatable bonds is 4. The van der Waals surface area contributed by atoms with E-state index in [-0.39, 0.29) is 5.56 Å². The number of fused-ring (bicyclic) bond motifs is 3. The van der Waals surface area contributed by atoms with Crippen molar-refractivity contribution in [2.75, 3.05) is 0 Å². The standard InChI is InChI=1S/C17H12N6OS4/c1-21-14(24)13-11(7-8-26-13)22-12(18-19-15(21)22)9-27-16-20-23(17(25)28-16)10-5-3-2-4-6-10/h2-8H,9H2,1H3. The predicted octanol–water partition coefficient (Wildman–Crippen LogP) is 3.91. The summed E-state index contributed by atoms with van der Waals surface area (Å²) in [5.74, 6) is 1.88. The fourth-order valence-corrected chi connectivity index (χ4v) is 6.05. The molecule has 0 amide bonds. The Labute approximate surface area is 175 Å². The molecule has 0 unspecified atom stereocenters. The fourth-order valence-electron chi connectivity index (χ4n) is 2.92. The van der Waals surface area contributed by atoms with E-state index in [1.165, 1.54) is 27.2 Å². The van der Waals surface area contributed by atoms with Gasteiger partial charge >= 0.3 is 0 Å². The average Bonchev–Trinajstić information content (AvgIpc) is 3.43. The lowest BCUT2D eigenvalue weighted by atomic mass is 10.3. The molecule has 140 valence electrons. The third-order valence-corrected chi connectivity index (χ3v) is 7.51. The second kappa shape index (κ2) is 6.92. The second-order valence-electron chi connectivity index (χ2n) is 5.92. The van der Waals surface area contributed by atoms with Crippen LogP contribution in [0.25, 0.3) is 21.7 Å². The van der Waals surface area contributed by atoms with Crippen molar-refractivity contribution in [3.05, 3.63) is 61.9 Å². The van der Waals surface area contributed by atoms with Gasteiger partial charge in [0.1, 0.15) is 10.5 Å². The second-order valence-corrected chi connectivity index (χ2v) is 9.68. The summed E-state index contributed by atoms with van der Waals surface area (Å²) in [6.45, 7) is 0. The zero-order valence-electron chi connectivity index (χ0n) is 14.5. The molecule has 0 aliphatic rings. The molecule has 4 aromatic heterocycles. The SMILES string of the molecule is Cn1c(=O)c2sccc2n2c(CSc3nn(-c4ccccc4)c(=S)s3)nnc12. The van der Waals surface area contributed by atoms with E-state index in [4.69, 9.17) is 12.2 Å². The Balaban J connectivity index is 1.51. The van der Waals surface area contributed by atoms with E-state index in [0.29, 0.717) is 20.2 Å². The van der Waals surface area contributed by atoms with Crippen molar-refractivity contribution in [1.29, 1.82) is 0 Å². The molecule has 0 saturated carbocycles. The molecule has 0 atom stereocenters. The lowest BCUT2D eigenvalue weighted by Gasteiger charge is -2.04. The number of aromatic nitrogens is 6. The van der Waals surface area contributed by atoms with Crippen molar-refractivity contribution >= 4 is 62.6 Å². The summed E-state index contributed by atoms with van der Waals surface area (Å²) in [5.41, 5.74) is 1.73. The molecule has 28 heavy (non-hydrogen) atoms. The molecule has 5 rings (SSSR count). The molecule has 11 heteroatoms. The molecule has 7 nitrogen and oxygen atoms in total. The highest BCUT2D eigenvalue weighted by Gasteiger charge is 2.16. The van der Waals surface area contributed by atoms with Gasteiger partial charge in [-0.15, -0.1) is 26.6 Å². The van der Waals surface area contributed by atoms with Gasteiger partial charge in [0, 0.05) is 7.05 Å². The Morgan fingerprint density at radius 2 is 2.00 bits per heavy atom. The van der Waals surface area contributed by atoms with Crippen LogP contribution in [0.4, 0.5) is 0 Å². The summed E-state index contributed by atoms with van der Waals surface area (Å²) in [7, 11) is 1.72. The van der Waals surface area contributed by atoms with Gasteiger partial charge < -0.3 is 0 Å². The summed E-state index contributed by atoms with van der Waals surface area (Å²) in [6, 6.07) is 11.8. The smallest absolute Gasteiger partial charge is 0.272 e. The highest BCUT2D eigenvalue weighted by Crippen LogP contribution is 2.28. The number of hydrogen-bond donors (Lipinski definition) is 0. The normalized spacial score (nSPS) is 11.6. The fraction of sp³-hybridized carbons (Fsp3) is 0.118. The first kappa shape index (κ1) is 17.7. The van der Waals surface area contributed by atoms with E-state index in [2.05, 4.69) is 15.3 Å². The molecule has 0 saturated heterocycles. The van der Waals surface area contributed by atoms with Gasteiger partial charge in [-0.3, -0.25) is 13.8 Å². The Hall–Kier alpha value is -2.34. The number of para-hydroxylation sites is 1. The Morgan fingerprint density at radius 1 is 1.18 bits per heavy atom. The largest absolute Gasteiger partial charge is 0.279 e. The lowest BCUT2D eigenvalue weighted by molar-refractivity contribution is 0.828. The minimum atomic E-state index is -0.0521. The molecule has 0 radical (unpaired) electrons. The van der Waals surface area contributed by atoms with Gasteiger partial charge in [0.05, 0.1) is 17.0 Å². The summed E-state index contributed by atoms with van der Waals surface area (Å²) in [6.07, 6.45) is 0. The molecule has 0 N–H and O–H groups in total. The third-order valence-electron chi connectivity index (χ3n) is 4.25. The first-order valence-corrected chi connectivity index (χ1v) is 11.3. The predicted molar refractivity (Wildman–Crippen MR) is 115 cm³/mol. The molecule has 0 spiro atoms. The van der Waals surface area contributed by atoms with Gasteiger partial charge in [-0.05, 0) is 35.8 Å². The number of benzene rings is 1. The molecule has 1 aromatic carbocycles. The topological polar surface area (TPSA) is 70.0 Å². The van der Waals surface area contributed by atoms with E-state index >= 15 is 0 Å². The minimum absolute atomic E-state index is 0.0521.